The van der Waals surface area contributed by atoms with Crippen LogP contribution < -0.4 is 20.7 Å². The van der Waals surface area contributed by atoms with Crippen LogP contribution in [0.2, 0.25) is 0 Å². The average molecular weight is 389 g/mol. The van der Waals surface area contributed by atoms with E-state index in [1.807, 2.05) is 43.3 Å². The van der Waals surface area contributed by atoms with Crippen LogP contribution in [-0.2, 0) is 4.79 Å². The van der Waals surface area contributed by atoms with Gasteiger partial charge in [-0.15, -0.1) is 0 Å². The number of amides is 2. The minimum Gasteiger partial charge on any atom is -0.494 e. The van der Waals surface area contributed by atoms with Crippen LogP contribution in [0.5, 0.6) is 5.75 Å². The Balaban J connectivity index is 1.57. The lowest BCUT2D eigenvalue weighted by Gasteiger charge is -2.13. The SMILES string of the molecule is CCOc1ccc(NC(=O)CNc2ccccc2NC(=O)c2ccccc2)cc1. The average Bonchev–Trinajstić information content (AvgIpc) is 2.75. The van der Waals surface area contributed by atoms with Crippen LogP contribution in [0.4, 0.5) is 17.1 Å². The molecule has 0 fully saturated rings. The van der Waals surface area contributed by atoms with Gasteiger partial charge in [-0.25, -0.2) is 0 Å². The summed E-state index contributed by atoms with van der Waals surface area (Å²) in [7, 11) is 0. The molecule has 0 radical (unpaired) electrons. The van der Waals surface area contributed by atoms with Crippen molar-refractivity contribution in [2.24, 2.45) is 0 Å². The van der Waals surface area contributed by atoms with E-state index in [2.05, 4.69) is 16.0 Å². The third-order valence-electron chi connectivity index (χ3n) is 4.10. The van der Waals surface area contributed by atoms with Gasteiger partial charge in [-0.3, -0.25) is 9.59 Å². The summed E-state index contributed by atoms with van der Waals surface area (Å²) < 4.78 is 5.39. The van der Waals surface area contributed by atoms with Gasteiger partial charge in [-0.2, -0.15) is 0 Å². The van der Waals surface area contributed by atoms with E-state index in [4.69, 9.17) is 4.74 Å². The van der Waals surface area contributed by atoms with E-state index >= 15 is 0 Å². The van der Waals surface area contributed by atoms with E-state index in [1.54, 1.807) is 42.5 Å². The summed E-state index contributed by atoms with van der Waals surface area (Å²) in [6.07, 6.45) is 0. The summed E-state index contributed by atoms with van der Waals surface area (Å²) in [6, 6.07) is 23.4. The van der Waals surface area contributed by atoms with Crippen LogP contribution in [0.3, 0.4) is 0 Å². The van der Waals surface area contributed by atoms with E-state index in [0.717, 1.165) is 5.75 Å². The van der Waals surface area contributed by atoms with Gasteiger partial charge in [0.1, 0.15) is 5.75 Å². The highest BCUT2D eigenvalue weighted by atomic mass is 16.5. The lowest BCUT2D eigenvalue weighted by molar-refractivity contribution is -0.114. The van der Waals surface area contributed by atoms with Gasteiger partial charge in [0.15, 0.2) is 0 Å². The van der Waals surface area contributed by atoms with Crippen molar-refractivity contribution < 1.29 is 14.3 Å². The number of ether oxygens (including phenoxy) is 1. The monoisotopic (exact) mass is 389 g/mol. The lowest BCUT2D eigenvalue weighted by Crippen LogP contribution is -2.22. The fraction of sp³-hybridized carbons (Fsp3) is 0.130. The fourth-order valence-electron chi connectivity index (χ4n) is 2.71. The molecule has 29 heavy (non-hydrogen) atoms. The van der Waals surface area contributed by atoms with Crippen molar-refractivity contribution in [2.45, 2.75) is 6.92 Å². The molecule has 2 amide bonds. The predicted molar refractivity (Wildman–Crippen MR) is 116 cm³/mol. The zero-order valence-electron chi connectivity index (χ0n) is 16.1. The first kappa shape index (κ1) is 19.9. The number of rotatable bonds is 8. The molecule has 0 bridgehead atoms. The van der Waals surface area contributed by atoms with E-state index in [0.29, 0.717) is 29.2 Å². The molecule has 0 spiro atoms. The molecule has 3 N–H and O–H groups in total. The molecular weight excluding hydrogens is 366 g/mol. The summed E-state index contributed by atoms with van der Waals surface area (Å²) in [5.41, 5.74) is 2.52. The zero-order valence-corrected chi connectivity index (χ0v) is 16.1. The van der Waals surface area contributed by atoms with E-state index < -0.39 is 0 Å². The molecule has 0 atom stereocenters. The molecule has 0 unspecified atom stereocenters. The number of hydrogen-bond acceptors (Lipinski definition) is 4. The molecule has 0 aliphatic carbocycles. The van der Waals surface area contributed by atoms with Gasteiger partial charge >= 0.3 is 0 Å². The van der Waals surface area contributed by atoms with Gasteiger partial charge in [0.05, 0.1) is 24.5 Å². The highest BCUT2D eigenvalue weighted by Crippen LogP contribution is 2.22. The molecule has 0 aromatic heterocycles. The zero-order chi connectivity index (χ0) is 20.5. The van der Waals surface area contributed by atoms with Crippen LogP contribution in [0.25, 0.3) is 0 Å². The van der Waals surface area contributed by atoms with Crippen LogP contribution >= 0.6 is 0 Å². The number of nitrogens with one attached hydrogen (secondary N) is 3. The van der Waals surface area contributed by atoms with Crippen molar-refractivity contribution in [3.63, 3.8) is 0 Å². The molecule has 148 valence electrons. The molecule has 0 saturated heterocycles. The Bertz CT molecular complexity index is 957. The molecule has 0 aliphatic heterocycles. The van der Waals surface area contributed by atoms with Crippen molar-refractivity contribution in [2.75, 3.05) is 29.1 Å². The maximum Gasteiger partial charge on any atom is 0.255 e. The van der Waals surface area contributed by atoms with Crippen molar-refractivity contribution >= 4 is 28.9 Å². The molecule has 3 aromatic carbocycles. The summed E-state index contributed by atoms with van der Waals surface area (Å²) in [4.78, 5) is 24.7. The number of carbonyl (C=O) groups is 2. The van der Waals surface area contributed by atoms with Crippen LogP contribution in [-0.4, -0.2) is 25.0 Å². The number of benzene rings is 3. The second-order valence-electron chi connectivity index (χ2n) is 6.22. The summed E-state index contributed by atoms with van der Waals surface area (Å²) in [5.74, 6) is 0.351. The van der Waals surface area contributed by atoms with Gasteiger partial charge in [0.25, 0.3) is 5.91 Å². The summed E-state index contributed by atoms with van der Waals surface area (Å²) in [6.45, 7) is 2.57. The predicted octanol–water partition coefficient (Wildman–Crippen LogP) is 4.39. The highest BCUT2D eigenvalue weighted by molar-refractivity contribution is 6.06. The van der Waals surface area contributed by atoms with Crippen molar-refractivity contribution in [1.82, 2.24) is 0 Å². The van der Waals surface area contributed by atoms with Crippen LogP contribution in [0.1, 0.15) is 17.3 Å². The van der Waals surface area contributed by atoms with E-state index in [1.165, 1.54) is 0 Å². The van der Waals surface area contributed by atoms with E-state index in [-0.39, 0.29) is 18.4 Å². The second-order valence-corrected chi connectivity index (χ2v) is 6.22. The first-order chi connectivity index (χ1) is 14.2. The second kappa shape index (κ2) is 9.94. The minimum atomic E-state index is -0.210. The van der Waals surface area contributed by atoms with Crippen LogP contribution in [0, 0.1) is 0 Å². The topological polar surface area (TPSA) is 79.5 Å². The van der Waals surface area contributed by atoms with Gasteiger partial charge in [0.2, 0.25) is 5.91 Å². The Labute approximate surface area is 169 Å². The Morgan fingerprint density at radius 3 is 2.14 bits per heavy atom. The number of anilines is 3. The number of carbonyl (C=O) groups excluding carboxylic acids is 2. The largest absolute Gasteiger partial charge is 0.494 e. The molecule has 0 aliphatic rings. The first-order valence-electron chi connectivity index (χ1n) is 9.37. The Hall–Kier alpha value is -3.80. The van der Waals surface area contributed by atoms with Gasteiger partial charge < -0.3 is 20.7 Å². The quantitative estimate of drug-likeness (QED) is 0.534. The smallest absolute Gasteiger partial charge is 0.255 e. The van der Waals surface area contributed by atoms with E-state index in [9.17, 15) is 9.59 Å². The van der Waals surface area contributed by atoms with Crippen molar-refractivity contribution in [3.8, 4) is 5.75 Å². The Morgan fingerprint density at radius 2 is 1.45 bits per heavy atom. The lowest BCUT2D eigenvalue weighted by atomic mass is 10.2. The maximum absolute atomic E-state index is 12.4. The Kier molecular flexibility index (Phi) is 6.84. The third-order valence-corrected chi connectivity index (χ3v) is 4.10. The van der Waals surface area contributed by atoms with Crippen LogP contribution in [0.15, 0.2) is 78.9 Å². The Morgan fingerprint density at radius 1 is 0.793 bits per heavy atom. The number of hydrogen-bond donors (Lipinski definition) is 3. The summed E-state index contributed by atoms with van der Waals surface area (Å²) in [5, 5.41) is 8.76. The first-order valence-corrected chi connectivity index (χ1v) is 9.37. The molecule has 0 saturated carbocycles. The maximum atomic E-state index is 12.4. The molecule has 6 heteroatoms. The normalized spacial score (nSPS) is 10.1. The minimum absolute atomic E-state index is 0.0609. The van der Waals surface area contributed by atoms with Gasteiger partial charge in [-0.1, -0.05) is 30.3 Å². The molecule has 6 nitrogen and oxygen atoms in total. The molecule has 3 aromatic rings. The van der Waals surface area contributed by atoms with Crippen molar-refractivity contribution in [3.05, 3.63) is 84.4 Å². The van der Waals surface area contributed by atoms with Gasteiger partial charge in [-0.05, 0) is 55.5 Å². The highest BCUT2D eigenvalue weighted by Gasteiger charge is 2.10. The summed E-state index contributed by atoms with van der Waals surface area (Å²) >= 11 is 0. The third kappa shape index (κ3) is 5.84. The standard InChI is InChI=1S/C23H23N3O3/c1-2-29-19-14-12-18(13-15-19)25-22(27)16-24-20-10-6-7-11-21(20)26-23(28)17-8-4-3-5-9-17/h3-15,24H,2,16H2,1H3,(H,25,27)(H,26,28). The number of para-hydroxylation sites is 2. The van der Waals surface area contributed by atoms with Crippen molar-refractivity contribution in [1.29, 1.82) is 0 Å². The molecule has 3 rings (SSSR count). The van der Waals surface area contributed by atoms with Gasteiger partial charge in [0, 0.05) is 11.3 Å². The fourth-order valence-corrected chi connectivity index (χ4v) is 2.71. The molecular formula is C23H23N3O3. The molecule has 0 heterocycles.